The van der Waals surface area contributed by atoms with Gasteiger partial charge in [-0.15, -0.1) is 0 Å². The monoisotopic (exact) mass is 279 g/mol. The average Bonchev–Trinajstić information content (AvgIpc) is 2.33. The molecule has 0 bridgehead atoms. The lowest BCUT2D eigenvalue weighted by atomic mass is 9.95. The van der Waals surface area contributed by atoms with E-state index < -0.39 is 17.8 Å². The molecule has 2 N–H and O–H groups in total. The highest BCUT2D eigenvalue weighted by molar-refractivity contribution is 5.67. The maximum absolute atomic E-state index is 11.6. The van der Waals surface area contributed by atoms with E-state index in [2.05, 4.69) is 5.32 Å². The van der Waals surface area contributed by atoms with Crippen molar-refractivity contribution in [1.29, 1.82) is 0 Å². The van der Waals surface area contributed by atoms with Crippen LogP contribution < -0.4 is 5.32 Å². The molecular formula is C16H25NO3. The van der Waals surface area contributed by atoms with Crippen LogP contribution in [0.5, 0.6) is 0 Å². The number of aliphatic hydroxyl groups excluding tert-OH is 1. The van der Waals surface area contributed by atoms with E-state index in [9.17, 15) is 9.90 Å². The molecule has 0 aliphatic carbocycles. The zero-order chi connectivity index (χ0) is 15.2. The van der Waals surface area contributed by atoms with E-state index in [1.165, 1.54) is 0 Å². The van der Waals surface area contributed by atoms with Crippen molar-refractivity contribution in [3.05, 3.63) is 35.9 Å². The van der Waals surface area contributed by atoms with Crippen LogP contribution in [0.1, 0.15) is 33.3 Å². The fraction of sp³-hybridized carbons (Fsp3) is 0.562. The normalized spacial score (nSPS) is 14.4. The highest BCUT2D eigenvalue weighted by Gasteiger charge is 2.20. The second kappa shape index (κ2) is 7.29. The number of carbonyl (C=O) groups excluding carboxylic acids is 1. The molecule has 1 aromatic carbocycles. The van der Waals surface area contributed by atoms with Crippen molar-refractivity contribution in [3.63, 3.8) is 0 Å². The quantitative estimate of drug-likeness (QED) is 0.871. The third kappa shape index (κ3) is 6.57. The van der Waals surface area contributed by atoms with E-state index in [0.717, 1.165) is 5.56 Å². The smallest absolute Gasteiger partial charge is 0.407 e. The highest BCUT2D eigenvalue weighted by atomic mass is 16.6. The van der Waals surface area contributed by atoms with E-state index in [1.54, 1.807) is 6.92 Å². The molecule has 112 valence electrons. The highest BCUT2D eigenvalue weighted by Crippen LogP contribution is 2.12. The van der Waals surface area contributed by atoms with Gasteiger partial charge in [0.15, 0.2) is 0 Å². The Morgan fingerprint density at radius 3 is 2.40 bits per heavy atom. The lowest BCUT2D eigenvalue weighted by Crippen LogP contribution is -2.38. The number of nitrogens with one attached hydrogen (secondary N) is 1. The van der Waals surface area contributed by atoms with E-state index in [1.807, 2.05) is 51.1 Å². The van der Waals surface area contributed by atoms with E-state index in [0.29, 0.717) is 13.0 Å². The number of aliphatic hydroxyl groups is 1. The number of hydrogen-bond acceptors (Lipinski definition) is 3. The number of amides is 1. The fourth-order valence-electron chi connectivity index (χ4n) is 1.86. The summed E-state index contributed by atoms with van der Waals surface area (Å²) in [5.74, 6) is -0.0371. The summed E-state index contributed by atoms with van der Waals surface area (Å²) in [4.78, 5) is 11.6. The predicted octanol–water partition coefficient (Wildman–Crippen LogP) is 2.75. The zero-order valence-electron chi connectivity index (χ0n) is 12.7. The van der Waals surface area contributed by atoms with Gasteiger partial charge in [0.2, 0.25) is 0 Å². The van der Waals surface area contributed by atoms with Crippen LogP contribution in [-0.4, -0.2) is 29.4 Å². The molecule has 4 nitrogen and oxygen atoms in total. The van der Waals surface area contributed by atoms with Crippen LogP contribution in [0.3, 0.4) is 0 Å². The van der Waals surface area contributed by atoms with Crippen LogP contribution in [0.25, 0.3) is 0 Å². The summed E-state index contributed by atoms with van der Waals surface area (Å²) in [6, 6.07) is 9.93. The van der Waals surface area contributed by atoms with Crippen LogP contribution in [0.15, 0.2) is 30.3 Å². The topological polar surface area (TPSA) is 58.6 Å². The number of benzene rings is 1. The third-order valence-electron chi connectivity index (χ3n) is 2.93. The Kier molecular flexibility index (Phi) is 6.02. The summed E-state index contributed by atoms with van der Waals surface area (Å²) in [5, 5.41) is 12.5. The molecule has 0 heterocycles. The largest absolute Gasteiger partial charge is 0.444 e. The molecule has 0 saturated heterocycles. The molecule has 2 atom stereocenters. The predicted molar refractivity (Wildman–Crippen MR) is 79.6 cm³/mol. The molecule has 0 aliphatic rings. The van der Waals surface area contributed by atoms with Crippen molar-refractivity contribution in [2.24, 2.45) is 5.92 Å². The fourth-order valence-corrected chi connectivity index (χ4v) is 1.86. The summed E-state index contributed by atoms with van der Waals surface area (Å²) in [5.41, 5.74) is 0.633. The summed E-state index contributed by atoms with van der Waals surface area (Å²) in [6.45, 7) is 7.60. The maximum Gasteiger partial charge on any atom is 0.407 e. The van der Waals surface area contributed by atoms with E-state index >= 15 is 0 Å². The maximum atomic E-state index is 11.6. The van der Waals surface area contributed by atoms with E-state index in [4.69, 9.17) is 4.74 Å². The van der Waals surface area contributed by atoms with Crippen LogP contribution >= 0.6 is 0 Å². The molecule has 0 spiro atoms. The first-order valence-corrected chi connectivity index (χ1v) is 6.97. The van der Waals surface area contributed by atoms with Gasteiger partial charge in [0.05, 0.1) is 6.10 Å². The van der Waals surface area contributed by atoms with Gasteiger partial charge in [-0.1, -0.05) is 30.3 Å². The summed E-state index contributed by atoms with van der Waals surface area (Å²) < 4.78 is 5.19. The van der Waals surface area contributed by atoms with Gasteiger partial charge in [0.1, 0.15) is 5.60 Å². The Balaban J connectivity index is 2.50. The van der Waals surface area contributed by atoms with Crippen molar-refractivity contribution >= 4 is 6.09 Å². The Morgan fingerprint density at radius 1 is 1.30 bits per heavy atom. The minimum absolute atomic E-state index is 0.0371. The molecule has 0 fully saturated rings. The summed E-state index contributed by atoms with van der Waals surface area (Å²) >= 11 is 0. The van der Waals surface area contributed by atoms with Crippen molar-refractivity contribution in [1.82, 2.24) is 5.32 Å². The zero-order valence-corrected chi connectivity index (χ0v) is 12.7. The van der Waals surface area contributed by atoms with Gasteiger partial charge in [0.25, 0.3) is 0 Å². The Labute approximate surface area is 121 Å². The van der Waals surface area contributed by atoms with Crippen LogP contribution in [0.4, 0.5) is 4.79 Å². The second-order valence-electron chi connectivity index (χ2n) is 6.07. The number of rotatable bonds is 5. The first kappa shape index (κ1) is 16.5. The van der Waals surface area contributed by atoms with Gasteiger partial charge in [-0.25, -0.2) is 4.79 Å². The van der Waals surface area contributed by atoms with Gasteiger partial charge in [-0.05, 0) is 39.7 Å². The Hall–Kier alpha value is -1.55. The third-order valence-corrected chi connectivity index (χ3v) is 2.93. The van der Waals surface area contributed by atoms with Crippen LogP contribution in [0, 0.1) is 5.92 Å². The number of carbonyl (C=O) groups is 1. The van der Waals surface area contributed by atoms with Crippen molar-refractivity contribution in [2.75, 3.05) is 6.54 Å². The lowest BCUT2D eigenvalue weighted by molar-refractivity contribution is 0.0494. The van der Waals surface area contributed by atoms with Crippen molar-refractivity contribution in [2.45, 2.75) is 45.8 Å². The second-order valence-corrected chi connectivity index (χ2v) is 6.07. The molecular weight excluding hydrogens is 254 g/mol. The van der Waals surface area contributed by atoms with E-state index in [-0.39, 0.29) is 5.92 Å². The number of ether oxygens (including phenoxy) is 1. The minimum Gasteiger partial charge on any atom is -0.444 e. The molecule has 1 rings (SSSR count). The van der Waals surface area contributed by atoms with Crippen LogP contribution in [0.2, 0.25) is 0 Å². The SMILES string of the molecule is C[C@@H](O)[C@@H](CNC(=O)OC(C)(C)C)Cc1ccccc1. The van der Waals surface area contributed by atoms with Crippen molar-refractivity contribution < 1.29 is 14.6 Å². The molecule has 4 heteroatoms. The molecule has 0 radical (unpaired) electrons. The molecule has 0 saturated carbocycles. The molecule has 20 heavy (non-hydrogen) atoms. The van der Waals surface area contributed by atoms with Crippen LogP contribution in [-0.2, 0) is 11.2 Å². The minimum atomic E-state index is -0.510. The lowest BCUT2D eigenvalue weighted by Gasteiger charge is -2.23. The van der Waals surface area contributed by atoms with Gasteiger partial charge in [-0.2, -0.15) is 0 Å². The molecule has 0 aliphatic heterocycles. The summed E-state index contributed by atoms with van der Waals surface area (Å²) in [6.07, 6.45) is -0.227. The first-order valence-electron chi connectivity index (χ1n) is 6.97. The number of alkyl carbamates (subject to hydrolysis) is 1. The molecule has 1 aromatic rings. The Morgan fingerprint density at radius 2 is 1.90 bits per heavy atom. The standard InChI is InChI=1S/C16H25NO3/c1-12(18)14(10-13-8-6-5-7-9-13)11-17-15(19)20-16(2,3)4/h5-9,12,14,18H,10-11H2,1-4H3,(H,17,19)/t12-,14-/m1/s1. The van der Waals surface area contributed by atoms with Crippen molar-refractivity contribution in [3.8, 4) is 0 Å². The van der Waals surface area contributed by atoms with Gasteiger partial charge >= 0.3 is 6.09 Å². The number of hydrogen-bond donors (Lipinski definition) is 2. The first-order chi connectivity index (χ1) is 9.28. The van der Waals surface area contributed by atoms with Gasteiger partial charge < -0.3 is 15.2 Å². The summed E-state index contributed by atoms with van der Waals surface area (Å²) in [7, 11) is 0. The molecule has 0 unspecified atom stereocenters. The molecule has 1 amide bonds. The van der Waals surface area contributed by atoms with Gasteiger partial charge in [-0.3, -0.25) is 0 Å². The Bertz CT molecular complexity index is 409. The molecule has 0 aromatic heterocycles. The van der Waals surface area contributed by atoms with Gasteiger partial charge in [0, 0.05) is 12.5 Å². The average molecular weight is 279 g/mol.